The number of rotatable bonds is 8. The molecule has 0 N–H and O–H groups in total. The molecule has 0 spiro atoms. The Balaban J connectivity index is 1.73. The van der Waals surface area contributed by atoms with E-state index in [1.165, 1.54) is 18.2 Å². The number of allylic oxidation sites excluding steroid dienone is 2. The van der Waals surface area contributed by atoms with Crippen LogP contribution in [0.5, 0.6) is 11.5 Å². The van der Waals surface area contributed by atoms with Crippen LogP contribution in [0.1, 0.15) is 45.3 Å². The second-order valence-electron chi connectivity index (χ2n) is 8.09. The van der Waals surface area contributed by atoms with Gasteiger partial charge in [0.1, 0.15) is 11.8 Å². The SMILES string of the molecule is CCCC=CC1C(C(=O)OC(C#N)c2ccc(F)c(Oc3ccccc3)c2)C1(C)C. The molecule has 3 atom stereocenters. The van der Waals surface area contributed by atoms with E-state index < -0.39 is 17.9 Å². The van der Waals surface area contributed by atoms with Crippen LogP contribution in [-0.2, 0) is 9.53 Å². The molecule has 30 heavy (non-hydrogen) atoms. The van der Waals surface area contributed by atoms with Crippen molar-refractivity contribution in [2.75, 3.05) is 0 Å². The maximum atomic E-state index is 14.2. The lowest BCUT2D eigenvalue weighted by molar-refractivity contribution is -0.149. The summed E-state index contributed by atoms with van der Waals surface area (Å²) >= 11 is 0. The summed E-state index contributed by atoms with van der Waals surface area (Å²) < 4.78 is 25.3. The van der Waals surface area contributed by atoms with Crippen molar-refractivity contribution in [3.8, 4) is 17.6 Å². The van der Waals surface area contributed by atoms with Gasteiger partial charge in [-0.15, -0.1) is 0 Å². The maximum absolute atomic E-state index is 14.2. The van der Waals surface area contributed by atoms with Gasteiger partial charge in [-0.05, 0) is 42.0 Å². The number of halogens is 1. The smallest absolute Gasteiger partial charge is 0.311 e. The van der Waals surface area contributed by atoms with Gasteiger partial charge in [0.25, 0.3) is 0 Å². The molecule has 2 aromatic rings. The van der Waals surface area contributed by atoms with Crippen LogP contribution in [0.15, 0.2) is 60.7 Å². The van der Waals surface area contributed by atoms with Gasteiger partial charge in [0.2, 0.25) is 6.10 Å². The van der Waals surface area contributed by atoms with Crippen LogP contribution in [0.2, 0.25) is 0 Å². The molecule has 3 rings (SSSR count). The molecule has 0 aliphatic heterocycles. The van der Waals surface area contributed by atoms with Gasteiger partial charge >= 0.3 is 5.97 Å². The summed E-state index contributed by atoms with van der Waals surface area (Å²) in [5, 5.41) is 9.57. The lowest BCUT2D eigenvalue weighted by Gasteiger charge is -2.14. The first kappa shape index (κ1) is 21.6. The number of carbonyl (C=O) groups excluding carboxylic acids is 1. The molecule has 0 radical (unpaired) electrons. The summed E-state index contributed by atoms with van der Waals surface area (Å²) in [6.45, 7) is 6.14. The second-order valence-corrected chi connectivity index (χ2v) is 8.09. The minimum atomic E-state index is -1.13. The van der Waals surface area contributed by atoms with Crippen LogP contribution in [0.4, 0.5) is 4.39 Å². The third-order valence-corrected chi connectivity index (χ3v) is 5.54. The summed E-state index contributed by atoms with van der Waals surface area (Å²) in [5.74, 6) is -0.715. The predicted molar refractivity (Wildman–Crippen MR) is 112 cm³/mol. The molecule has 0 bridgehead atoms. The highest BCUT2D eigenvalue weighted by Crippen LogP contribution is 2.59. The van der Waals surface area contributed by atoms with E-state index in [-0.39, 0.29) is 23.0 Å². The normalized spacial score (nSPS) is 20.4. The van der Waals surface area contributed by atoms with E-state index in [1.54, 1.807) is 24.3 Å². The van der Waals surface area contributed by atoms with Crippen molar-refractivity contribution in [2.45, 2.75) is 39.7 Å². The van der Waals surface area contributed by atoms with Gasteiger partial charge in [0.05, 0.1) is 5.92 Å². The Morgan fingerprint density at radius 3 is 2.67 bits per heavy atom. The van der Waals surface area contributed by atoms with Crippen molar-refractivity contribution >= 4 is 5.97 Å². The number of hydrogen-bond acceptors (Lipinski definition) is 4. The molecule has 1 saturated carbocycles. The number of hydrogen-bond donors (Lipinski definition) is 0. The number of benzene rings is 2. The van der Waals surface area contributed by atoms with Crippen LogP contribution in [-0.4, -0.2) is 5.97 Å². The zero-order valence-electron chi connectivity index (χ0n) is 17.5. The average Bonchev–Trinajstić information content (AvgIpc) is 3.29. The third-order valence-electron chi connectivity index (χ3n) is 5.54. The molecular formula is C25H26FNO3. The summed E-state index contributed by atoms with van der Waals surface area (Å²) in [7, 11) is 0. The van der Waals surface area contributed by atoms with E-state index in [0.717, 1.165) is 12.8 Å². The minimum Gasteiger partial charge on any atom is -0.454 e. The molecule has 156 valence electrons. The highest BCUT2D eigenvalue weighted by molar-refractivity contribution is 5.78. The number of esters is 1. The number of para-hydroxylation sites is 1. The van der Waals surface area contributed by atoms with E-state index in [2.05, 4.69) is 19.1 Å². The molecule has 5 heteroatoms. The van der Waals surface area contributed by atoms with Gasteiger partial charge in [-0.2, -0.15) is 5.26 Å². The first-order valence-corrected chi connectivity index (χ1v) is 10.2. The number of unbranched alkanes of at least 4 members (excludes halogenated alkanes) is 1. The Morgan fingerprint density at radius 2 is 2.00 bits per heavy atom. The van der Waals surface area contributed by atoms with E-state index in [4.69, 9.17) is 9.47 Å². The monoisotopic (exact) mass is 407 g/mol. The van der Waals surface area contributed by atoms with Gasteiger partial charge < -0.3 is 9.47 Å². The molecular weight excluding hydrogens is 381 g/mol. The Kier molecular flexibility index (Phi) is 6.56. The fraction of sp³-hybridized carbons (Fsp3) is 0.360. The second kappa shape index (κ2) is 9.13. The lowest BCUT2D eigenvalue weighted by atomic mass is 10.1. The van der Waals surface area contributed by atoms with E-state index in [0.29, 0.717) is 11.3 Å². The highest BCUT2D eigenvalue weighted by Gasteiger charge is 2.61. The van der Waals surface area contributed by atoms with Crippen molar-refractivity contribution in [3.63, 3.8) is 0 Å². The minimum absolute atomic E-state index is 0.0258. The van der Waals surface area contributed by atoms with Crippen LogP contribution < -0.4 is 4.74 Å². The summed E-state index contributed by atoms with van der Waals surface area (Å²) in [6, 6.07) is 14.8. The van der Waals surface area contributed by atoms with Crippen LogP contribution >= 0.6 is 0 Å². The Bertz CT molecular complexity index is 962. The molecule has 2 aromatic carbocycles. The summed E-state index contributed by atoms with van der Waals surface area (Å²) in [5.41, 5.74) is 0.167. The largest absolute Gasteiger partial charge is 0.454 e. The van der Waals surface area contributed by atoms with Crippen LogP contribution in [0.25, 0.3) is 0 Å². The molecule has 1 fully saturated rings. The fourth-order valence-electron chi connectivity index (χ4n) is 3.63. The standard InChI is InChI=1S/C25H26FNO3/c1-4-5-7-12-19-23(25(19,2)3)24(28)30-22(16-27)17-13-14-20(26)21(15-17)29-18-10-8-6-9-11-18/h6-15,19,22-23H,4-5H2,1-3H3. The van der Waals surface area contributed by atoms with Gasteiger partial charge in [-0.25, -0.2) is 4.39 Å². The Labute approximate surface area is 176 Å². The zero-order valence-corrected chi connectivity index (χ0v) is 17.5. The molecule has 0 heterocycles. The van der Waals surface area contributed by atoms with Crippen LogP contribution in [0.3, 0.4) is 0 Å². The molecule has 0 amide bonds. The highest BCUT2D eigenvalue weighted by atomic mass is 19.1. The molecule has 4 nitrogen and oxygen atoms in total. The Morgan fingerprint density at radius 1 is 1.27 bits per heavy atom. The quantitative estimate of drug-likeness (QED) is 0.378. The van der Waals surface area contributed by atoms with Gasteiger partial charge in [0.15, 0.2) is 11.6 Å². The summed E-state index contributed by atoms with van der Waals surface area (Å²) in [6.07, 6.45) is 5.05. The van der Waals surface area contributed by atoms with Crippen molar-refractivity contribution in [1.29, 1.82) is 5.26 Å². The molecule has 0 saturated heterocycles. The van der Waals surface area contributed by atoms with Gasteiger partial charge in [-0.1, -0.05) is 63.6 Å². The van der Waals surface area contributed by atoms with Crippen LogP contribution in [0, 0.1) is 34.4 Å². The van der Waals surface area contributed by atoms with E-state index in [9.17, 15) is 14.4 Å². The van der Waals surface area contributed by atoms with Crippen molar-refractivity contribution in [1.82, 2.24) is 0 Å². The number of carbonyl (C=O) groups is 1. The zero-order chi connectivity index (χ0) is 21.7. The average molecular weight is 407 g/mol. The van der Waals surface area contributed by atoms with Gasteiger partial charge in [-0.3, -0.25) is 4.79 Å². The maximum Gasteiger partial charge on any atom is 0.311 e. The topological polar surface area (TPSA) is 59.3 Å². The summed E-state index contributed by atoms with van der Waals surface area (Å²) in [4.78, 5) is 12.7. The first-order valence-electron chi connectivity index (χ1n) is 10.2. The fourth-order valence-corrected chi connectivity index (χ4v) is 3.63. The van der Waals surface area contributed by atoms with E-state index >= 15 is 0 Å². The molecule has 0 aromatic heterocycles. The number of nitrogens with zero attached hydrogens (tertiary/aromatic N) is 1. The molecule has 1 aliphatic carbocycles. The van der Waals surface area contributed by atoms with Gasteiger partial charge in [0, 0.05) is 5.56 Å². The number of nitriles is 1. The predicted octanol–water partition coefficient (Wildman–Crippen LogP) is 6.35. The van der Waals surface area contributed by atoms with Crippen molar-refractivity contribution in [3.05, 3.63) is 72.1 Å². The molecule has 1 aliphatic rings. The Hall–Kier alpha value is -3.13. The lowest BCUT2D eigenvalue weighted by Crippen LogP contribution is -2.14. The number of ether oxygens (including phenoxy) is 2. The van der Waals surface area contributed by atoms with Crippen molar-refractivity contribution in [2.24, 2.45) is 17.3 Å². The van der Waals surface area contributed by atoms with Crippen molar-refractivity contribution < 1.29 is 18.7 Å². The third kappa shape index (κ3) is 4.71. The van der Waals surface area contributed by atoms with E-state index in [1.807, 2.05) is 26.0 Å². The first-order chi connectivity index (χ1) is 14.4. The molecule has 3 unspecified atom stereocenters.